The molecule has 1 rings (SSSR count). The van der Waals surface area contributed by atoms with E-state index in [9.17, 15) is 53.1 Å². The Bertz CT molecular complexity index is 508. The SMILES string of the molecule is O=C(OC1CCCCC1)[C@@](F)(OC(F)(F)C(F)(F)C(F)(F)F)C(F)(F)F. The Morgan fingerprint density at radius 3 is 1.58 bits per heavy atom. The van der Waals surface area contributed by atoms with Gasteiger partial charge in [0.1, 0.15) is 6.10 Å². The molecule has 0 saturated heterocycles. The first kappa shape index (κ1) is 22.7. The Labute approximate surface area is 138 Å². The highest BCUT2D eigenvalue weighted by Crippen LogP contribution is 2.51. The second-order valence-electron chi connectivity index (χ2n) is 5.45. The average molecular weight is 412 g/mol. The van der Waals surface area contributed by atoms with Gasteiger partial charge in [-0.25, -0.2) is 4.79 Å². The first-order chi connectivity index (χ1) is 11.5. The Hall–Kier alpha value is -1.34. The van der Waals surface area contributed by atoms with Crippen molar-refractivity contribution in [1.82, 2.24) is 0 Å². The summed E-state index contributed by atoms with van der Waals surface area (Å²) in [6.07, 6.45) is -21.1. The zero-order valence-electron chi connectivity index (χ0n) is 12.5. The van der Waals surface area contributed by atoms with Crippen LogP contribution in [0.15, 0.2) is 0 Å². The van der Waals surface area contributed by atoms with Crippen molar-refractivity contribution in [2.45, 2.75) is 68.4 Å². The fraction of sp³-hybridized carbons (Fsp3) is 0.917. The molecule has 0 spiro atoms. The van der Waals surface area contributed by atoms with Gasteiger partial charge in [-0.2, -0.15) is 48.3 Å². The van der Waals surface area contributed by atoms with Gasteiger partial charge in [0.2, 0.25) is 0 Å². The van der Waals surface area contributed by atoms with Crippen molar-refractivity contribution in [3.8, 4) is 0 Å². The third-order valence-electron chi connectivity index (χ3n) is 3.44. The maximum atomic E-state index is 13.9. The first-order valence-corrected chi connectivity index (χ1v) is 6.95. The lowest BCUT2D eigenvalue weighted by atomic mass is 9.98. The van der Waals surface area contributed by atoms with Crippen molar-refractivity contribution < 1.29 is 62.6 Å². The van der Waals surface area contributed by atoms with Crippen LogP contribution in [0.5, 0.6) is 0 Å². The second-order valence-corrected chi connectivity index (χ2v) is 5.45. The Morgan fingerprint density at radius 2 is 1.19 bits per heavy atom. The minimum absolute atomic E-state index is 0.0746. The summed E-state index contributed by atoms with van der Waals surface area (Å²) in [7, 11) is 0. The fourth-order valence-corrected chi connectivity index (χ4v) is 2.03. The summed E-state index contributed by atoms with van der Waals surface area (Å²) in [5, 5.41) is 0. The van der Waals surface area contributed by atoms with Gasteiger partial charge in [0.05, 0.1) is 0 Å². The number of hydrogen-bond acceptors (Lipinski definition) is 3. The van der Waals surface area contributed by atoms with E-state index in [2.05, 4.69) is 9.47 Å². The molecule has 1 fully saturated rings. The van der Waals surface area contributed by atoms with Crippen molar-refractivity contribution in [3.63, 3.8) is 0 Å². The van der Waals surface area contributed by atoms with E-state index in [-0.39, 0.29) is 12.8 Å². The molecule has 0 bridgehead atoms. The van der Waals surface area contributed by atoms with E-state index in [1.54, 1.807) is 0 Å². The van der Waals surface area contributed by atoms with Gasteiger partial charge >= 0.3 is 36.2 Å². The van der Waals surface area contributed by atoms with Gasteiger partial charge in [0, 0.05) is 0 Å². The fourth-order valence-electron chi connectivity index (χ4n) is 2.03. The molecule has 0 amide bonds. The number of esters is 1. The Balaban J connectivity index is 3.14. The summed E-state index contributed by atoms with van der Waals surface area (Å²) in [6, 6.07) is 0. The quantitative estimate of drug-likeness (QED) is 0.476. The molecule has 0 aromatic carbocycles. The number of rotatable bonds is 5. The summed E-state index contributed by atoms with van der Waals surface area (Å²) in [5.74, 6) is -16.6. The van der Waals surface area contributed by atoms with Gasteiger partial charge in [-0.3, -0.25) is 4.74 Å². The minimum atomic E-state index is -7.21. The molecule has 26 heavy (non-hydrogen) atoms. The molecule has 1 atom stereocenters. The number of carbonyl (C=O) groups is 1. The number of hydrogen-bond donors (Lipinski definition) is 0. The van der Waals surface area contributed by atoms with Crippen LogP contribution >= 0.6 is 0 Å². The number of alkyl halides is 11. The predicted molar refractivity (Wildman–Crippen MR) is 59.9 cm³/mol. The molecule has 1 aliphatic rings. The lowest BCUT2D eigenvalue weighted by molar-refractivity contribution is -0.475. The lowest BCUT2D eigenvalue weighted by Gasteiger charge is -2.34. The van der Waals surface area contributed by atoms with Crippen LogP contribution in [0.2, 0.25) is 0 Å². The largest absolute Gasteiger partial charge is 0.462 e. The molecule has 0 aromatic heterocycles. The van der Waals surface area contributed by atoms with Crippen molar-refractivity contribution in [1.29, 1.82) is 0 Å². The molecule has 14 heteroatoms. The van der Waals surface area contributed by atoms with E-state index < -0.39 is 42.3 Å². The summed E-state index contributed by atoms with van der Waals surface area (Å²) in [6.45, 7) is 0. The highest BCUT2D eigenvalue weighted by molar-refractivity contribution is 5.79. The van der Waals surface area contributed by atoms with Crippen LogP contribution in [0.25, 0.3) is 0 Å². The van der Waals surface area contributed by atoms with Gasteiger partial charge in [0.25, 0.3) is 0 Å². The Kier molecular flexibility index (Phi) is 6.11. The third kappa shape index (κ3) is 4.31. The van der Waals surface area contributed by atoms with E-state index in [0.29, 0.717) is 19.3 Å². The normalized spacial score (nSPS) is 20.6. The van der Waals surface area contributed by atoms with Crippen LogP contribution in [0, 0.1) is 0 Å². The zero-order valence-corrected chi connectivity index (χ0v) is 12.5. The molecular weight excluding hydrogens is 401 g/mol. The maximum absolute atomic E-state index is 13.9. The third-order valence-corrected chi connectivity index (χ3v) is 3.44. The maximum Gasteiger partial charge on any atom is 0.462 e. The molecule has 0 unspecified atom stereocenters. The van der Waals surface area contributed by atoms with Gasteiger partial charge < -0.3 is 4.74 Å². The van der Waals surface area contributed by atoms with Crippen LogP contribution in [-0.2, 0) is 14.3 Å². The van der Waals surface area contributed by atoms with E-state index in [1.165, 1.54) is 0 Å². The van der Waals surface area contributed by atoms with Crippen LogP contribution < -0.4 is 0 Å². The standard InChI is InChI=1S/C12H11F11O3/c13-8(10(16,17)18,7(24)25-6-4-2-1-3-5-6)26-12(22,23)9(14,15)11(19,20)21/h6H,1-5H2/t8-/m1/s1. The van der Waals surface area contributed by atoms with E-state index in [1.807, 2.05) is 0 Å². The van der Waals surface area contributed by atoms with Crippen molar-refractivity contribution in [3.05, 3.63) is 0 Å². The van der Waals surface area contributed by atoms with E-state index in [0.717, 1.165) is 0 Å². The molecule has 0 N–H and O–H groups in total. The van der Waals surface area contributed by atoms with Crippen LogP contribution in [-0.4, -0.2) is 42.3 Å². The summed E-state index contributed by atoms with van der Waals surface area (Å²) in [4.78, 5) is 11.3. The second kappa shape index (κ2) is 7.00. The van der Waals surface area contributed by atoms with Crippen molar-refractivity contribution in [2.24, 2.45) is 0 Å². The monoisotopic (exact) mass is 412 g/mol. The average Bonchev–Trinajstić information content (AvgIpc) is 2.45. The van der Waals surface area contributed by atoms with Gasteiger partial charge in [-0.05, 0) is 25.7 Å². The molecule has 0 aromatic rings. The summed E-state index contributed by atoms with van der Waals surface area (Å²) >= 11 is 0. The summed E-state index contributed by atoms with van der Waals surface area (Å²) < 4.78 is 145. The molecule has 3 nitrogen and oxygen atoms in total. The first-order valence-electron chi connectivity index (χ1n) is 6.95. The highest BCUT2D eigenvalue weighted by atomic mass is 19.4. The minimum Gasteiger partial charge on any atom is -0.458 e. The van der Waals surface area contributed by atoms with Gasteiger partial charge in [0.15, 0.2) is 0 Å². The molecular formula is C12H11F11O3. The molecule has 1 aliphatic carbocycles. The van der Waals surface area contributed by atoms with Gasteiger partial charge in [-0.15, -0.1) is 0 Å². The van der Waals surface area contributed by atoms with Crippen LogP contribution in [0.3, 0.4) is 0 Å². The lowest BCUT2D eigenvalue weighted by Crippen LogP contribution is -2.62. The number of ether oxygens (including phenoxy) is 2. The van der Waals surface area contributed by atoms with Gasteiger partial charge in [-0.1, -0.05) is 6.42 Å². The van der Waals surface area contributed by atoms with E-state index >= 15 is 0 Å². The number of carbonyl (C=O) groups excluding carboxylic acids is 1. The van der Waals surface area contributed by atoms with Crippen molar-refractivity contribution >= 4 is 5.97 Å². The topological polar surface area (TPSA) is 35.5 Å². The highest BCUT2D eigenvalue weighted by Gasteiger charge is 2.80. The van der Waals surface area contributed by atoms with Crippen molar-refractivity contribution in [2.75, 3.05) is 0 Å². The zero-order chi connectivity index (χ0) is 20.6. The molecule has 1 saturated carbocycles. The molecule has 0 radical (unpaired) electrons. The van der Waals surface area contributed by atoms with E-state index in [4.69, 9.17) is 0 Å². The predicted octanol–water partition coefficient (Wildman–Crippen LogP) is 4.90. The smallest absolute Gasteiger partial charge is 0.458 e. The van der Waals surface area contributed by atoms with Crippen LogP contribution in [0.1, 0.15) is 32.1 Å². The number of halogens is 11. The molecule has 0 aliphatic heterocycles. The van der Waals surface area contributed by atoms with Crippen LogP contribution in [0.4, 0.5) is 48.3 Å². The molecule has 0 heterocycles. The molecule has 154 valence electrons. The summed E-state index contributed by atoms with van der Waals surface area (Å²) in [5.41, 5.74) is 0. The Morgan fingerprint density at radius 1 is 0.731 bits per heavy atom.